The number of nitrogens with one attached hydrogen (secondary N) is 1. The summed E-state index contributed by atoms with van der Waals surface area (Å²) >= 11 is 0. The van der Waals surface area contributed by atoms with Crippen LogP contribution in [0.25, 0.3) is 0 Å². The van der Waals surface area contributed by atoms with Crippen LogP contribution in [0.4, 0.5) is 10.6 Å². The number of rotatable bonds is 6. The van der Waals surface area contributed by atoms with Crippen LogP contribution >= 0.6 is 0 Å². The van der Waals surface area contributed by atoms with Gasteiger partial charge in [-0.25, -0.2) is 14.8 Å². The largest absolute Gasteiger partial charge is 0.481 e. The first kappa shape index (κ1) is 17.2. The fourth-order valence-corrected chi connectivity index (χ4v) is 1.92. The van der Waals surface area contributed by atoms with Gasteiger partial charge in [0.2, 0.25) is 5.88 Å². The molecular formula is C16H19N5O3. The van der Waals surface area contributed by atoms with Crippen molar-refractivity contribution in [1.29, 1.82) is 0 Å². The lowest BCUT2D eigenvalue weighted by Gasteiger charge is -2.17. The Morgan fingerprint density at radius 1 is 1.29 bits per heavy atom. The molecule has 0 aromatic carbocycles. The molecule has 126 valence electrons. The number of carbonyl (C=O) groups is 2. The summed E-state index contributed by atoms with van der Waals surface area (Å²) in [4.78, 5) is 32.8. The van der Waals surface area contributed by atoms with Crippen LogP contribution in [0.15, 0.2) is 36.5 Å². The summed E-state index contributed by atoms with van der Waals surface area (Å²) in [5.41, 5.74) is 6.25. The van der Waals surface area contributed by atoms with Gasteiger partial charge in [0.15, 0.2) is 0 Å². The van der Waals surface area contributed by atoms with Crippen LogP contribution in [0, 0.1) is 0 Å². The van der Waals surface area contributed by atoms with Gasteiger partial charge < -0.3 is 15.4 Å². The first-order chi connectivity index (χ1) is 11.5. The Balaban J connectivity index is 1.89. The summed E-state index contributed by atoms with van der Waals surface area (Å²) < 4.78 is 5.00. The van der Waals surface area contributed by atoms with Crippen molar-refractivity contribution in [2.75, 3.05) is 26.0 Å². The maximum Gasteiger partial charge on any atom is 0.322 e. The number of hydrogen-bond acceptors (Lipinski definition) is 5. The molecule has 3 amide bonds. The summed E-state index contributed by atoms with van der Waals surface area (Å²) in [6.07, 6.45) is 2.36. The standard InChI is InChI=1S/C16H19N5O3/c1-21(9-8-11-6-7-14(24-2)18-10-11)16(23)20-13-5-3-4-12(19-13)15(17)22/h3-7,10H,8-9H2,1-2H3,(H2,17,22)(H,19,20,23). The fraction of sp³-hybridized carbons (Fsp3) is 0.250. The fourth-order valence-electron chi connectivity index (χ4n) is 1.92. The van der Waals surface area contributed by atoms with E-state index < -0.39 is 5.91 Å². The van der Waals surface area contributed by atoms with Gasteiger partial charge in [0.25, 0.3) is 5.91 Å². The molecule has 2 aromatic rings. The zero-order valence-electron chi connectivity index (χ0n) is 13.5. The lowest BCUT2D eigenvalue weighted by Crippen LogP contribution is -2.33. The topological polar surface area (TPSA) is 110 Å². The molecule has 8 heteroatoms. The maximum absolute atomic E-state index is 12.1. The quantitative estimate of drug-likeness (QED) is 0.829. The van der Waals surface area contributed by atoms with Crippen LogP contribution in [-0.2, 0) is 6.42 Å². The summed E-state index contributed by atoms with van der Waals surface area (Å²) in [6.45, 7) is 0.495. The van der Waals surface area contributed by atoms with Gasteiger partial charge in [-0.15, -0.1) is 0 Å². The van der Waals surface area contributed by atoms with Gasteiger partial charge in [-0.1, -0.05) is 12.1 Å². The molecule has 0 fully saturated rings. The van der Waals surface area contributed by atoms with E-state index in [0.717, 1.165) is 5.56 Å². The van der Waals surface area contributed by atoms with Crippen LogP contribution in [-0.4, -0.2) is 47.5 Å². The molecule has 0 atom stereocenters. The molecule has 0 radical (unpaired) electrons. The maximum atomic E-state index is 12.1. The summed E-state index contributed by atoms with van der Waals surface area (Å²) in [5.74, 6) is 0.172. The van der Waals surface area contributed by atoms with Gasteiger partial charge in [-0.05, 0) is 24.1 Å². The van der Waals surface area contributed by atoms with Crippen LogP contribution in [0.1, 0.15) is 16.1 Å². The Bertz CT molecular complexity index is 718. The molecule has 0 aliphatic carbocycles. The number of primary amides is 1. The first-order valence-electron chi connectivity index (χ1n) is 7.27. The molecular weight excluding hydrogens is 310 g/mol. The molecule has 2 rings (SSSR count). The van der Waals surface area contributed by atoms with Gasteiger partial charge in [0.1, 0.15) is 11.5 Å². The number of urea groups is 1. The number of hydrogen-bond donors (Lipinski definition) is 2. The highest BCUT2D eigenvalue weighted by atomic mass is 16.5. The molecule has 0 spiro atoms. The first-order valence-corrected chi connectivity index (χ1v) is 7.27. The minimum atomic E-state index is -0.647. The van der Waals surface area contributed by atoms with Crippen molar-refractivity contribution in [3.63, 3.8) is 0 Å². The highest BCUT2D eigenvalue weighted by Gasteiger charge is 2.11. The molecule has 2 aromatic heterocycles. The van der Waals surface area contributed by atoms with Crippen molar-refractivity contribution >= 4 is 17.8 Å². The van der Waals surface area contributed by atoms with E-state index in [0.29, 0.717) is 18.8 Å². The molecule has 0 aliphatic heterocycles. The van der Waals surface area contributed by atoms with E-state index in [-0.39, 0.29) is 17.5 Å². The van der Waals surface area contributed by atoms with Gasteiger partial charge in [0.05, 0.1) is 7.11 Å². The Morgan fingerprint density at radius 3 is 2.71 bits per heavy atom. The molecule has 0 saturated carbocycles. The number of methoxy groups -OCH3 is 1. The van der Waals surface area contributed by atoms with Gasteiger partial charge in [0, 0.05) is 25.9 Å². The average molecular weight is 329 g/mol. The van der Waals surface area contributed by atoms with E-state index in [1.807, 2.05) is 6.07 Å². The van der Waals surface area contributed by atoms with E-state index >= 15 is 0 Å². The normalized spacial score (nSPS) is 10.1. The summed E-state index contributed by atoms with van der Waals surface area (Å²) in [7, 11) is 3.23. The minimum Gasteiger partial charge on any atom is -0.481 e. The monoisotopic (exact) mass is 329 g/mol. The van der Waals surface area contributed by atoms with Crippen LogP contribution in [0.2, 0.25) is 0 Å². The second kappa shape index (κ2) is 7.91. The molecule has 24 heavy (non-hydrogen) atoms. The lowest BCUT2D eigenvalue weighted by atomic mass is 10.2. The Hall–Kier alpha value is -3.16. The van der Waals surface area contributed by atoms with Crippen molar-refractivity contribution in [1.82, 2.24) is 14.9 Å². The van der Waals surface area contributed by atoms with Crippen molar-refractivity contribution < 1.29 is 14.3 Å². The highest BCUT2D eigenvalue weighted by Crippen LogP contribution is 2.09. The Morgan fingerprint density at radius 2 is 2.08 bits per heavy atom. The zero-order valence-corrected chi connectivity index (χ0v) is 13.5. The lowest BCUT2D eigenvalue weighted by molar-refractivity contribution is 0.0995. The van der Waals surface area contributed by atoms with Crippen LogP contribution < -0.4 is 15.8 Å². The number of aromatic nitrogens is 2. The predicted molar refractivity (Wildman–Crippen MR) is 88.9 cm³/mol. The Labute approximate surface area is 139 Å². The third kappa shape index (κ3) is 4.67. The molecule has 3 N–H and O–H groups in total. The van der Waals surface area contributed by atoms with E-state index in [9.17, 15) is 9.59 Å². The molecule has 0 saturated heterocycles. The Kier molecular flexibility index (Phi) is 5.67. The highest BCUT2D eigenvalue weighted by molar-refractivity contribution is 5.92. The van der Waals surface area contributed by atoms with Crippen LogP contribution in [0.5, 0.6) is 5.88 Å². The molecule has 0 aliphatic rings. The predicted octanol–water partition coefficient (Wildman–Crippen LogP) is 1.29. The summed E-state index contributed by atoms with van der Waals surface area (Å²) in [5, 5.41) is 2.62. The summed E-state index contributed by atoms with van der Waals surface area (Å²) in [6, 6.07) is 8.02. The van der Waals surface area contributed by atoms with E-state index in [2.05, 4.69) is 15.3 Å². The van der Waals surface area contributed by atoms with Crippen molar-refractivity contribution in [2.24, 2.45) is 5.73 Å². The zero-order chi connectivity index (χ0) is 17.5. The van der Waals surface area contributed by atoms with Crippen molar-refractivity contribution in [3.05, 3.63) is 47.8 Å². The van der Waals surface area contributed by atoms with E-state index in [1.54, 1.807) is 38.6 Å². The number of ether oxygens (including phenoxy) is 1. The SMILES string of the molecule is COc1ccc(CCN(C)C(=O)Nc2cccc(C(N)=O)n2)cn1. The number of nitrogens with two attached hydrogens (primary N) is 1. The van der Waals surface area contributed by atoms with E-state index in [1.165, 1.54) is 11.0 Å². The second-order valence-corrected chi connectivity index (χ2v) is 5.08. The number of anilines is 1. The van der Waals surface area contributed by atoms with Gasteiger partial charge in [-0.3, -0.25) is 10.1 Å². The number of pyridine rings is 2. The number of carbonyl (C=O) groups excluding carboxylic acids is 2. The van der Waals surface area contributed by atoms with Crippen LogP contribution in [0.3, 0.4) is 0 Å². The average Bonchev–Trinajstić information content (AvgIpc) is 2.60. The number of likely N-dealkylation sites (N-methyl/N-ethyl adjacent to an activating group) is 1. The molecule has 0 unspecified atom stereocenters. The third-order valence-corrected chi connectivity index (χ3v) is 3.33. The number of nitrogens with zero attached hydrogens (tertiary/aromatic N) is 3. The molecule has 8 nitrogen and oxygen atoms in total. The minimum absolute atomic E-state index is 0.0970. The number of amides is 3. The molecule has 0 bridgehead atoms. The van der Waals surface area contributed by atoms with Crippen molar-refractivity contribution in [3.8, 4) is 5.88 Å². The second-order valence-electron chi connectivity index (χ2n) is 5.08. The smallest absolute Gasteiger partial charge is 0.322 e. The van der Waals surface area contributed by atoms with Gasteiger partial charge >= 0.3 is 6.03 Å². The third-order valence-electron chi connectivity index (χ3n) is 3.33. The molecule has 2 heterocycles. The van der Waals surface area contributed by atoms with Crippen molar-refractivity contribution in [2.45, 2.75) is 6.42 Å². The van der Waals surface area contributed by atoms with E-state index in [4.69, 9.17) is 10.5 Å². The van der Waals surface area contributed by atoms with Gasteiger partial charge in [-0.2, -0.15) is 0 Å².